The predicted molar refractivity (Wildman–Crippen MR) is 65.8 cm³/mol. The zero-order chi connectivity index (χ0) is 10.7. The van der Waals surface area contributed by atoms with Crippen LogP contribution in [0.3, 0.4) is 0 Å². The molecule has 0 saturated heterocycles. The van der Waals surface area contributed by atoms with Gasteiger partial charge >= 0.3 is 0 Å². The van der Waals surface area contributed by atoms with E-state index in [2.05, 4.69) is 17.4 Å². The van der Waals surface area contributed by atoms with Crippen LogP contribution >= 0.6 is 0 Å². The van der Waals surface area contributed by atoms with Gasteiger partial charge in [0.15, 0.2) is 0 Å². The Hall–Kier alpha value is -1.96. The van der Waals surface area contributed by atoms with Gasteiger partial charge in [0.05, 0.1) is 11.4 Å². The van der Waals surface area contributed by atoms with Gasteiger partial charge in [0.25, 0.3) is 0 Å². The van der Waals surface area contributed by atoms with Crippen molar-refractivity contribution in [2.75, 3.05) is 18.1 Å². The Labute approximate surface area is 89.7 Å². The third kappa shape index (κ3) is 1.79. The average Bonchev–Trinajstić information content (AvgIpc) is 2.30. The molecule has 0 radical (unpaired) electrons. The smallest absolute Gasteiger partial charge is 0.0629 e. The maximum atomic E-state index is 6.06. The van der Waals surface area contributed by atoms with Gasteiger partial charge in [-0.05, 0) is 11.6 Å². The summed E-state index contributed by atoms with van der Waals surface area (Å²) in [6.45, 7) is 0. The molecule has 2 nitrogen and oxygen atoms in total. The third-order valence-corrected chi connectivity index (χ3v) is 2.46. The highest BCUT2D eigenvalue weighted by Crippen LogP contribution is 2.30. The van der Waals surface area contributed by atoms with Crippen molar-refractivity contribution in [2.45, 2.75) is 0 Å². The molecule has 0 unspecified atom stereocenters. The first kappa shape index (κ1) is 9.59. The van der Waals surface area contributed by atoms with Crippen LogP contribution in [-0.4, -0.2) is 7.05 Å². The Morgan fingerprint density at radius 3 is 2.33 bits per heavy atom. The molecular weight excluding hydrogens is 184 g/mol. The van der Waals surface area contributed by atoms with Crippen molar-refractivity contribution in [3.8, 4) is 11.1 Å². The van der Waals surface area contributed by atoms with Crippen LogP contribution in [0.5, 0.6) is 0 Å². The van der Waals surface area contributed by atoms with Crippen molar-refractivity contribution >= 4 is 11.4 Å². The molecule has 0 aromatic heterocycles. The molecule has 0 spiro atoms. The fourth-order valence-corrected chi connectivity index (χ4v) is 1.65. The summed E-state index contributed by atoms with van der Waals surface area (Å²) in [6, 6.07) is 16.2. The summed E-state index contributed by atoms with van der Waals surface area (Å²) < 4.78 is 0. The lowest BCUT2D eigenvalue weighted by atomic mass is 10.0. The Bertz CT molecular complexity index is 449. The Balaban J connectivity index is 2.54. The molecule has 2 aromatic carbocycles. The maximum absolute atomic E-state index is 6.06. The minimum atomic E-state index is 0.797. The molecule has 0 aliphatic heterocycles. The van der Waals surface area contributed by atoms with Crippen LogP contribution in [0.1, 0.15) is 0 Å². The molecule has 3 N–H and O–H groups in total. The lowest BCUT2D eigenvalue weighted by molar-refractivity contribution is 1.50. The van der Waals surface area contributed by atoms with E-state index in [1.165, 1.54) is 0 Å². The number of rotatable bonds is 2. The van der Waals surface area contributed by atoms with E-state index in [1.807, 2.05) is 43.4 Å². The fraction of sp³-hybridized carbons (Fsp3) is 0.0769. The second kappa shape index (κ2) is 4.05. The zero-order valence-electron chi connectivity index (χ0n) is 8.70. The van der Waals surface area contributed by atoms with Crippen molar-refractivity contribution in [1.29, 1.82) is 0 Å². The number of nitrogen functional groups attached to an aromatic ring is 1. The minimum absolute atomic E-state index is 0.797. The highest BCUT2D eigenvalue weighted by molar-refractivity contribution is 5.85. The molecule has 0 saturated carbocycles. The average molecular weight is 198 g/mol. The summed E-state index contributed by atoms with van der Waals surface area (Å²) in [5, 5.41) is 3.08. The van der Waals surface area contributed by atoms with Gasteiger partial charge in [-0.1, -0.05) is 42.5 Å². The van der Waals surface area contributed by atoms with Crippen LogP contribution in [0.15, 0.2) is 48.5 Å². The van der Waals surface area contributed by atoms with Gasteiger partial charge in [-0.15, -0.1) is 0 Å². The van der Waals surface area contributed by atoms with Crippen LogP contribution in [0.4, 0.5) is 11.4 Å². The van der Waals surface area contributed by atoms with E-state index in [-0.39, 0.29) is 0 Å². The largest absolute Gasteiger partial charge is 0.397 e. The molecule has 2 rings (SSSR count). The van der Waals surface area contributed by atoms with Crippen molar-refractivity contribution < 1.29 is 0 Å². The topological polar surface area (TPSA) is 38.0 Å². The summed E-state index contributed by atoms with van der Waals surface area (Å²) >= 11 is 0. The van der Waals surface area contributed by atoms with Gasteiger partial charge < -0.3 is 11.1 Å². The van der Waals surface area contributed by atoms with E-state index in [0.717, 1.165) is 22.5 Å². The molecule has 0 atom stereocenters. The molecular formula is C13H14N2. The van der Waals surface area contributed by atoms with E-state index >= 15 is 0 Å². The second-order valence-corrected chi connectivity index (χ2v) is 3.38. The highest BCUT2D eigenvalue weighted by Gasteiger charge is 2.04. The van der Waals surface area contributed by atoms with Gasteiger partial charge in [0, 0.05) is 12.6 Å². The number of benzene rings is 2. The van der Waals surface area contributed by atoms with E-state index in [1.54, 1.807) is 0 Å². The molecule has 0 amide bonds. The van der Waals surface area contributed by atoms with Crippen LogP contribution in [-0.2, 0) is 0 Å². The van der Waals surface area contributed by atoms with Crippen molar-refractivity contribution in [2.24, 2.45) is 0 Å². The second-order valence-electron chi connectivity index (χ2n) is 3.38. The summed E-state index contributed by atoms with van der Waals surface area (Å²) in [5.41, 5.74) is 10.0. The number of hydrogen-bond acceptors (Lipinski definition) is 2. The lowest BCUT2D eigenvalue weighted by Gasteiger charge is -2.10. The van der Waals surface area contributed by atoms with Crippen molar-refractivity contribution in [1.82, 2.24) is 0 Å². The molecule has 0 bridgehead atoms. The molecule has 2 heteroatoms. The predicted octanol–water partition coefficient (Wildman–Crippen LogP) is 2.98. The Kier molecular flexibility index (Phi) is 2.59. The molecule has 76 valence electrons. The lowest BCUT2D eigenvalue weighted by Crippen LogP contribution is -1.97. The van der Waals surface area contributed by atoms with Crippen LogP contribution in [0.2, 0.25) is 0 Å². The molecule has 2 aromatic rings. The first-order valence-corrected chi connectivity index (χ1v) is 4.94. The fourth-order valence-electron chi connectivity index (χ4n) is 1.65. The number of anilines is 2. The van der Waals surface area contributed by atoms with E-state index in [4.69, 9.17) is 5.73 Å². The van der Waals surface area contributed by atoms with Crippen molar-refractivity contribution in [3.05, 3.63) is 48.5 Å². The van der Waals surface area contributed by atoms with E-state index in [9.17, 15) is 0 Å². The molecule has 0 aliphatic rings. The van der Waals surface area contributed by atoms with Crippen LogP contribution in [0, 0.1) is 0 Å². The van der Waals surface area contributed by atoms with Gasteiger partial charge in [-0.3, -0.25) is 0 Å². The molecule has 0 aliphatic carbocycles. The molecule has 15 heavy (non-hydrogen) atoms. The third-order valence-electron chi connectivity index (χ3n) is 2.46. The summed E-state index contributed by atoms with van der Waals surface area (Å²) in [5.74, 6) is 0. The maximum Gasteiger partial charge on any atom is 0.0629 e. The minimum Gasteiger partial charge on any atom is -0.397 e. The number of nitrogens with two attached hydrogens (primary N) is 1. The quantitative estimate of drug-likeness (QED) is 0.728. The number of nitrogens with one attached hydrogen (secondary N) is 1. The summed E-state index contributed by atoms with van der Waals surface area (Å²) in [4.78, 5) is 0. The first-order valence-electron chi connectivity index (χ1n) is 4.94. The van der Waals surface area contributed by atoms with Crippen LogP contribution < -0.4 is 11.1 Å². The van der Waals surface area contributed by atoms with Gasteiger partial charge in [-0.25, -0.2) is 0 Å². The van der Waals surface area contributed by atoms with Gasteiger partial charge in [0.1, 0.15) is 0 Å². The van der Waals surface area contributed by atoms with E-state index < -0.39 is 0 Å². The monoisotopic (exact) mass is 198 g/mol. The summed E-state index contributed by atoms with van der Waals surface area (Å²) in [6.07, 6.45) is 0. The number of para-hydroxylation sites is 1. The Morgan fingerprint density at radius 2 is 1.67 bits per heavy atom. The normalized spacial score (nSPS) is 9.93. The standard InChI is InChI=1S/C13H14N2/c1-15-12-9-5-8-11(13(12)14)10-6-3-2-4-7-10/h2-9,15H,14H2,1H3. The SMILES string of the molecule is CNc1cccc(-c2ccccc2)c1N. The zero-order valence-corrected chi connectivity index (χ0v) is 8.70. The van der Waals surface area contributed by atoms with Crippen molar-refractivity contribution in [3.63, 3.8) is 0 Å². The number of hydrogen-bond donors (Lipinski definition) is 2. The van der Waals surface area contributed by atoms with E-state index in [0.29, 0.717) is 0 Å². The molecule has 0 heterocycles. The molecule has 0 fully saturated rings. The first-order chi connectivity index (χ1) is 7.33. The summed E-state index contributed by atoms with van der Waals surface area (Å²) in [7, 11) is 1.88. The van der Waals surface area contributed by atoms with Crippen LogP contribution in [0.25, 0.3) is 11.1 Å². The van der Waals surface area contributed by atoms with Gasteiger partial charge in [-0.2, -0.15) is 0 Å². The van der Waals surface area contributed by atoms with Gasteiger partial charge in [0.2, 0.25) is 0 Å². The Morgan fingerprint density at radius 1 is 0.933 bits per heavy atom. The highest BCUT2D eigenvalue weighted by atomic mass is 14.8.